The molecule has 8 heteroatoms. The molecule has 30 heavy (non-hydrogen) atoms. The van der Waals surface area contributed by atoms with Crippen molar-refractivity contribution in [3.05, 3.63) is 0 Å². The molecular formula is C22H43IN4O3. The normalized spacial score (nSPS) is 25.4. The highest BCUT2D eigenvalue weighted by atomic mass is 127. The number of nitrogens with one attached hydrogen (secondary N) is 2. The zero-order valence-electron chi connectivity index (χ0n) is 18.8. The van der Waals surface area contributed by atoms with Gasteiger partial charge in [0.05, 0.1) is 39.1 Å². The number of hydrogen-bond donors (Lipinski definition) is 2. The number of rotatable bonds is 9. The van der Waals surface area contributed by atoms with E-state index < -0.39 is 0 Å². The van der Waals surface area contributed by atoms with Gasteiger partial charge in [-0.25, -0.2) is 0 Å². The van der Waals surface area contributed by atoms with Crippen LogP contribution in [0.15, 0.2) is 4.99 Å². The van der Waals surface area contributed by atoms with Gasteiger partial charge in [-0.1, -0.05) is 25.7 Å². The number of nitrogens with zero attached hydrogens (tertiary/aromatic N) is 2. The summed E-state index contributed by atoms with van der Waals surface area (Å²) in [5, 5.41) is 6.85. The Bertz CT molecular complexity index is 463. The van der Waals surface area contributed by atoms with E-state index in [1.54, 1.807) is 0 Å². The van der Waals surface area contributed by atoms with Crippen LogP contribution in [0, 0.1) is 5.92 Å². The van der Waals surface area contributed by atoms with Gasteiger partial charge in [-0.3, -0.25) is 9.89 Å². The van der Waals surface area contributed by atoms with Crippen LogP contribution in [0.2, 0.25) is 0 Å². The number of ether oxygens (including phenoxy) is 3. The van der Waals surface area contributed by atoms with E-state index >= 15 is 0 Å². The molecule has 0 spiro atoms. The van der Waals surface area contributed by atoms with Crippen LogP contribution in [-0.2, 0) is 14.2 Å². The molecule has 3 aliphatic rings. The molecule has 1 saturated carbocycles. The molecule has 2 N–H and O–H groups in total. The third kappa shape index (κ3) is 9.14. The number of halogens is 1. The molecular weight excluding hydrogens is 495 g/mol. The predicted molar refractivity (Wildman–Crippen MR) is 132 cm³/mol. The molecule has 2 saturated heterocycles. The van der Waals surface area contributed by atoms with Crippen LogP contribution >= 0.6 is 24.0 Å². The zero-order valence-corrected chi connectivity index (χ0v) is 21.1. The van der Waals surface area contributed by atoms with Gasteiger partial charge < -0.3 is 24.8 Å². The molecule has 0 aromatic carbocycles. The fourth-order valence-electron chi connectivity index (χ4n) is 4.66. The van der Waals surface area contributed by atoms with Gasteiger partial charge in [-0.05, 0) is 26.2 Å². The molecule has 2 aliphatic heterocycles. The molecule has 1 aliphatic carbocycles. The summed E-state index contributed by atoms with van der Waals surface area (Å²) in [7, 11) is 0. The highest BCUT2D eigenvalue weighted by Gasteiger charge is 2.31. The molecule has 2 unspecified atom stereocenters. The van der Waals surface area contributed by atoms with Gasteiger partial charge in [0, 0.05) is 44.7 Å². The standard InChI is InChI=1S/C22H42N4O3.HI/c1-2-23-22(24-10-14-29-20-7-5-3-4-6-8-20)25-17-21(19-9-13-28-18-19)26-11-15-27-16-12-26;/h19-21H,2-18H2,1H3,(H2,23,24,25);1H. The second-order valence-electron chi connectivity index (χ2n) is 8.47. The molecule has 3 rings (SSSR count). The van der Waals surface area contributed by atoms with E-state index in [-0.39, 0.29) is 24.0 Å². The van der Waals surface area contributed by atoms with Gasteiger partial charge in [-0.2, -0.15) is 0 Å². The first-order chi connectivity index (χ1) is 14.4. The van der Waals surface area contributed by atoms with Crippen molar-refractivity contribution < 1.29 is 14.2 Å². The molecule has 0 bridgehead atoms. The Labute approximate surface area is 200 Å². The van der Waals surface area contributed by atoms with Gasteiger partial charge in [0.2, 0.25) is 0 Å². The monoisotopic (exact) mass is 538 g/mol. The highest BCUT2D eigenvalue weighted by Crippen LogP contribution is 2.22. The summed E-state index contributed by atoms with van der Waals surface area (Å²) >= 11 is 0. The predicted octanol–water partition coefficient (Wildman–Crippen LogP) is 2.64. The zero-order chi connectivity index (χ0) is 20.2. The Hall–Kier alpha value is -0.160. The number of aliphatic imine (C=N–C) groups is 1. The van der Waals surface area contributed by atoms with Gasteiger partial charge >= 0.3 is 0 Å². The maximum atomic E-state index is 6.11. The van der Waals surface area contributed by atoms with Crippen molar-refractivity contribution in [2.75, 3.05) is 65.8 Å². The largest absolute Gasteiger partial charge is 0.381 e. The molecule has 2 heterocycles. The summed E-state index contributed by atoms with van der Waals surface area (Å²) < 4.78 is 17.3. The van der Waals surface area contributed by atoms with Crippen LogP contribution in [0.1, 0.15) is 51.9 Å². The van der Waals surface area contributed by atoms with Gasteiger partial charge in [0.15, 0.2) is 5.96 Å². The van der Waals surface area contributed by atoms with Crippen LogP contribution in [0.3, 0.4) is 0 Å². The summed E-state index contributed by atoms with van der Waals surface area (Å²) in [6.45, 7) is 10.7. The third-order valence-electron chi connectivity index (χ3n) is 6.35. The maximum absolute atomic E-state index is 6.11. The van der Waals surface area contributed by atoms with E-state index in [1.807, 2.05) is 0 Å². The minimum absolute atomic E-state index is 0. The van der Waals surface area contributed by atoms with Crippen LogP contribution in [0.4, 0.5) is 0 Å². The van der Waals surface area contributed by atoms with Crippen LogP contribution in [0.5, 0.6) is 0 Å². The first-order valence-electron chi connectivity index (χ1n) is 11.9. The topological polar surface area (TPSA) is 67.4 Å². The summed E-state index contributed by atoms with van der Waals surface area (Å²) in [6.07, 6.45) is 9.39. The molecule has 176 valence electrons. The van der Waals surface area contributed by atoms with Crippen LogP contribution in [0.25, 0.3) is 0 Å². The molecule has 0 amide bonds. The lowest BCUT2D eigenvalue weighted by atomic mass is 9.97. The van der Waals surface area contributed by atoms with Crippen molar-refractivity contribution in [1.82, 2.24) is 15.5 Å². The fraction of sp³-hybridized carbons (Fsp3) is 0.955. The minimum Gasteiger partial charge on any atom is -0.381 e. The van der Waals surface area contributed by atoms with Gasteiger partial charge in [0.25, 0.3) is 0 Å². The van der Waals surface area contributed by atoms with Crippen LogP contribution < -0.4 is 10.6 Å². The van der Waals surface area contributed by atoms with Crippen molar-refractivity contribution in [2.24, 2.45) is 10.9 Å². The molecule has 7 nitrogen and oxygen atoms in total. The van der Waals surface area contributed by atoms with E-state index in [1.165, 1.54) is 38.5 Å². The first kappa shape index (κ1) is 26.1. The lowest BCUT2D eigenvalue weighted by Crippen LogP contribution is -2.49. The Kier molecular flexibility index (Phi) is 13.6. The van der Waals surface area contributed by atoms with E-state index in [0.717, 1.165) is 78.1 Å². The fourth-order valence-corrected chi connectivity index (χ4v) is 4.66. The van der Waals surface area contributed by atoms with Crippen molar-refractivity contribution in [3.8, 4) is 0 Å². The minimum atomic E-state index is 0. The molecule has 0 aromatic rings. The Morgan fingerprint density at radius 2 is 1.80 bits per heavy atom. The van der Waals surface area contributed by atoms with E-state index in [2.05, 4.69) is 22.5 Å². The Morgan fingerprint density at radius 1 is 1.03 bits per heavy atom. The average molecular weight is 539 g/mol. The SMILES string of the molecule is CCNC(=NCC(C1CCOC1)N1CCOCC1)NCCOC1CCCCCC1.I. The van der Waals surface area contributed by atoms with E-state index in [4.69, 9.17) is 19.2 Å². The number of guanidine groups is 1. The van der Waals surface area contributed by atoms with Crippen LogP contribution in [-0.4, -0.2) is 88.8 Å². The molecule has 3 fully saturated rings. The Morgan fingerprint density at radius 3 is 2.47 bits per heavy atom. The molecule has 0 aromatic heterocycles. The highest BCUT2D eigenvalue weighted by molar-refractivity contribution is 14.0. The number of hydrogen-bond acceptors (Lipinski definition) is 5. The summed E-state index contributed by atoms with van der Waals surface area (Å²) in [5.41, 5.74) is 0. The maximum Gasteiger partial charge on any atom is 0.191 e. The van der Waals surface area contributed by atoms with Crippen molar-refractivity contribution in [1.29, 1.82) is 0 Å². The van der Waals surface area contributed by atoms with Gasteiger partial charge in [0.1, 0.15) is 0 Å². The second kappa shape index (κ2) is 15.6. The van der Waals surface area contributed by atoms with E-state index in [9.17, 15) is 0 Å². The number of morpholine rings is 1. The van der Waals surface area contributed by atoms with Crippen molar-refractivity contribution in [3.63, 3.8) is 0 Å². The quantitative estimate of drug-likeness (QED) is 0.155. The molecule has 0 radical (unpaired) electrons. The third-order valence-corrected chi connectivity index (χ3v) is 6.35. The van der Waals surface area contributed by atoms with E-state index in [0.29, 0.717) is 18.1 Å². The smallest absolute Gasteiger partial charge is 0.191 e. The van der Waals surface area contributed by atoms with Gasteiger partial charge in [-0.15, -0.1) is 24.0 Å². The summed E-state index contributed by atoms with van der Waals surface area (Å²) in [6, 6.07) is 0.430. The lowest BCUT2D eigenvalue weighted by molar-refractivity contribution is 0.00367. The molecule has 2 atom stereocenters. The Balaban J connectivity index is 0.00000320. The summed E-state index contributed by atoms with van der Waals surface area (Å²) in [4.78, 5) is 7.48. The average Bonchev–Trinajstić information content (AvgIpc) is 3.15. The van der Waals surface area contributed by atoms with Crippen molar-refractivity contribution >= 4 is 29.9 Å². The second-order valence-corrected chi connectivity index (χ2v) is 8.47. The summed E-state index contributed by atoms with van der Waals surface area (Å²) in [5.74, 6) is 1.47. The lowest BCUT2D eigenvalue weighted by Gasteiger charge is -2.36. The first-order valence-corrected chi connectivity index (χ1v) is 11.9. The van der Waals surface area contributed by atoms with Crippen molar-refractivity contribution in [2.45, 2.75) is 64.0 Å².